The van der Waals surface area contributed by atoms with Crippen LogP contribution in [0.2, 0.25) is 5.02 Å². The molecule has 0 radical (unpaired) electrons. The Hall–Kier alpha value is -2.84. The third kappa shape index (κ3) is 4.25. The topological polar surface area (TPSA) is 77.4 Å². The second-order valence-corrected chi connectivity index (χ2v) is 8.28. The number of anilines is 1. The number of hydrogen-bond acceptors (Lipinski definition) is 7. The van der Waals surface area contributed by atoms with Gasteiger partial charge in [0.1, 0.15) is 5.75 Å². The maximum atomic E-state index is 13.4. The summed E-state index contributed by atoms with van der Waals surface area (Å²) < 4.78 is 12.3. The third-order valence-corrected chi connectivity index (χ3v) is 5.74. The minimum absolute atomic E-state index is 0.0850. The molecule has 0 bridgehead atoms. The van der Waals surface area contributed by atoms with Gasteiger partial charge < -0.3 is 9.47 Å². The molecular weight excluding hydrogens is 448 g/mol. The summed E-state index contributed by atoms with van der Waals surface area (Å²) >= 11 is 7.69. The van der Waals surface area contributed by atoms with E-state index < -0.39 is 6.23 Å². The molecule has 1 aromatic heterocycles. The molecule has 0 saturated carbocycles. The molecule has 1 aliphatic heterocycles. The van der Waals surface area contributed by atoms with Crippen LogP contribution in [0.3, 0.4) is 0 Å². The fourth-order valence-corrected chi connectivity index (χ4v) is 4.07. The van der Waals surface area contributed by atoms with E-state index in [1.807, 2.05) is 50.4 Å². The summed E-state index contributed by atoms with van der Waals surface area (Å²) in [6.45, 7) is 4.37. The van der Waals surface area contributed by atoms with E-state index in [1.54, 1.807) is 17.0 Å². The van der Waals surface area contributed by atoms with Crippen LogP contribution in [0.15, 0.2) is 47.6 Å². The van der Waals surface area contributed by atoms with Crippen molar-refractivity contribution in [1.82, 2.24) is 15.2 Å². The molecule has 166 valence electrons. The number of carbonyl (C=O) groups excluding carboxylic acids is 1. The van der Waals surface area contributed by atoms with Crippen molar-refractivity contribution in [3.63, 3.8) is 0 Å². The van der Waals surface area contributed by atoms with E-state index in [1.165, 1.54) is 11.8 Å². The molecule has 4 rings (SSSR count). The van der Waals surface area contributed by atoms with Crippen LogP contribution in [0.1, 0.15) is 38.5 Å². The van der Waals surface area contributed by atoms with Gasteiger partial charge in [0.05, 0.1) is 17.9 Å². The third-order valence-electron chi connectivity index (χ3n) is 4.97. The quantitative estimate of drug-likeness (QED) is 0.438. The Morgan fingerprint density at radius 1 is 1.22 bits per heavy atom. The number of benzene rings is 2. The molecular formula is C23H23ClN4O3S. The summed E-state index contributed by atoms with van der Waals surface area (Å²) in [5.41, 5.74) is 2.43. The average molecular weight is 471 g/mol. The summed E-state index contributed by atoms with van der Waals surface area (Å²) in [7, 11) is 0. The van der Waals surface area contributed by atoms with Crippen LogP contribution in [-0.2, 0) is 4.79 Å². The molecule has 0 fully saturated rings. The Bertz CT molecular complexity index is 1140. The Morgan fingerprint density at radius 3 is 2.78 bits per heavy atom. The molecule has 1 aliphatic rings. The summed E-state index contributed by atoms with van der Waals surface area (Å²) in [6, 6.07) is 12.9. The molecule has 0 saturated heterocycles. The van der Waals surface area contributed by atoms with E-state index in [-0.39, 0.29) is 11.8 Å². The van der Waals surface area contributed by atoms with Crippen LogP contribution in [0, 0.1) is 0 Å². The maximum Gasteiger partial charge on any atom is 0.247 e. The fourth-order valence-electron chi connectivity index (χ4n) is 3.60. The van der Waals surface area contributed by atoms with Crippen LogP contribution < -0.4 is 14.4 Å². The van der Waals surface area contributed by atoms with Gasteiger partial charge in [0.15, 0.2) is 5.69 Å². The number of rotatable bonds is 6. The van der Waals surface area contributed by atoms with Gasteiger partial charge in [-0.3, -0.25) is 9.69 Å². The molecule has 1 amide bonds. The Balaban J connectivity index is 1.99. The second kappa shape index (κ2) is 9.75. The Kier molecular flexibility index (Phi) is 6.81. The number of ether oxygens (including phenoxy) is 2. The highest BCUT2D eigenvalue weighted by molar-refractivity contribution is 7.98. The maximum absolute atomic E-state index is 13.4. The molecule has 9 heteroatoms. The number of amides is 1. The molecule has 0 spiro atoms. The van der Waals surface area contributed by atoms with Crippen molar-refractivity contribution in [2.45, 2.75) is 38.1 Å². The summed E-state index contributed by atoms with van der Waals surface area (Å²) in [5.74, 6) is 0.842. The lowest BCUT2D eigenvalue weighted by Crippen LogP contribution is -2.37. The summed E-state index contributed by atoms with van der Waals surface area (Å²) in [4.78, 5) is 19.6. The van der Waals surface area contributed by atoms with Crippen molar-refractivity contribution in [2.75, 3.05) is 17.8 Å². The molecule has 2 heterocycles. The zero-order chi connectivity index (χ0) is 22.7. The first-order chi connectivity index (χ1) is 15.6. The SMILES string of the molecule is CCCC(=O)N1c2ccc(Cl)cc2-c2nnc(SC)nc2O[C@H]1c1ccccc1OCC. The van der Waals surface area contributed by atoms with Gasteiger partial charge >= 0.3 is 0 Å². The lowest BCUT2D eigenvalue weighted by Gasteiger charge is -2.31. The number of nitrogens with zero attached hydrogens (tertiary/aromatic N) is 4. The van der Waals surface area contributed by atoms with Crippen molar-refractivity contribution in [2.24, 2.45) is 0 Å². The number of hydrogen-bond donors (Lipinski definition) is 0. The highest BCUT2D eigenvalue weighted by Crippen LogP contribution is 2.46. The van der Waals surface area contributed by atoms with Crippen LogP contribution in [0.25, 0.3) is 11.3 Å². The average Bonchev–Trinajstić information content (AvgIpc) is 2.93. The van der Waals surface area contributed by atoms with E-state index in [9.17, 15) is 4.79 Å². The van der Waals surface area contributed by atoms with Crippen LogP contribution in [-0.4, -0.2) is 34.0 Å². The predicted octanol–water partition coefficient (Wildman–Crippen LogP) is 5.54. The van der Waals surface area contributed by atoms with Gasteiger partial charge in [-0.05, 0) is 49.9 Å². The molecule has 0 aliphatic carbocycles. The lowest BCUT2D eigenvalue weighted by molar-refractivity contribution is -0.120. The van der Waals surface area contributed by atoms with E-state index >= 15 is 0 Å². The number of carbonyl (C=O) groups is 1. The monoisotopic (exact) mass is 470 g/mol. The van der Waals surface area contributed by atoms with Gasteiger partial charge in [0.2, 0.25) is 23.2 Å². The van der Waals surface area contributed by atoms with Gasteiger partial charge in [-0.1, -0.05) is 42.4 Å². The van der Waals surface area contributed by atoms with Gasteiger partial charge in [-0.2, -0.15) is 4.98 Å². The van der Waals surface area contributed by atoms with Crippen molar-refractivity contribution in [3.8, 4) is 22.9 Å². The van der Waals surface area contributed by atoms with Crippen molar-refractivity contribution in [1.29, 1.82) is 0 Å². The molecule has 7 nitrogen and oxygen atoms in total. The molecule has 3 aromatic rings. The summed E-state index contributed by atoms with van der Waals surface area (Å²) in [5, 5.41) is 9.54. The van der Waals surface area contributed by atoms with Gasteiger partial charge in [-0.25, -0.2) is 0 Å². The second-order valence-electron chi connectivity index (χ2n) is 7.07. The van der Waals surface area contributed by atoms with E-state index in [0.717, 1.165) is 5.56 Å². The fraction of sp³-hybridized carbons (Fsp3) is 0.304. The zero-order valence-corrected chi connectivity index (χ0v) is 19.6. The predicted molar refractivity (Wildman–Crippen MR) is 125 cm³/mol. The zero-order valence-electron chi connectivity index (χ0n) is 18.0. The number of thioether (sulfide) groups is 1. The van der Waals surface area contributed by atoms with E-state index in [0.29, 0.717) is 52.3 Å². The van der Waals surface area contributed by atoms with E-state index in [2.05, 4.69) is 15.2 Å². The minimum Gasteiger partial charge on any atom is -0.493 e. The number of para-hydroxylation sites is 1. The first kappa shape index (κ1) is 22.4. The summed E-state index contributed by atoms with van der Waals surface area (Å²) in [6.07, 6.45) is 2.11. The normalized spacial score (nSPS) is 14.8. The standard InChI is InChI=1S/C23H23ClN4O3S/c1-4-8-19(29)28-17-12-11-14(24)13-16(17)20-21(25-23(32-3)27-26-20)31-22(28)15-9-6-7-10-18(15)30-5-2/h6-7,9-13,22H,4-5,8H2,1-3H3/t22-/m0/s1. The highest BCUT2D eigenvalue weighted by atomic mass is 35.5. The van der Waals surface area contributed by atoms with Gasteiger partial charge in [0.25, 0.3) is 0 Å². The van der Waals surface area contributed by atoms with E-state index in [4.69, 9.17) is 21.1 Å². The lowest BCUT2D eigenvalue weighted by atomic mass is 10.1. The van der Waals surface area contributed by atoms with Crippen molar-refractivity contribution < 1.29 is 14.3 Å². The van der Waals surface area contributed by atoms with Gasteiger partial charge in [0, 0.05) is 17.0 Å². The van der Waals surface area contributed by atoms with Crippen molar-refractivity contribution >= 4 is 35.0 Å². The van der Waals surface area contributed by atoms with Crippen LogP contribution in [0.5, 0.6) is 11.6 Å². The molecule has 0 N–H and O–H groups in total. The molecule has 32 heavy (non-hydrogen) atoms. The highest BCUT2D eigenvalue weighted by Gasteiger charge is 2.37. The number of fused-ring (bicyclic) bond motifs is 3. The smallest absolute Gasteiger partial charge is 0.247 e. The number of halogens is 1. The molecule has 1 atom stereocenters. The first-order valence-corrected chi connectivity index (χ1v) is 12.0. The van der Waals surface area contributed by atoms with Gasteiger partial charge in [-0.15, -0.1) is 10.2 Å². The Morgan fingerprint density at radius 2 is 2.03 bits per heavy atom. The molecule has 0 unspecified atom stereocenters. The number of aromatic nitrogens is 3. The van der Waals surface area contributed by atoms with Crippen LogP contribution in [0.4, 0.5) is 5.69 Å². The molecule has 2 aromatic carbocycles. The van der Waals surface area contributed by atoms with Crippen molar-refractivity contribution in [3.05, 3.63) is 53.1 Å². The van der Waals surface area contributed by atoms with Crippen LogP contribution >= 0.6 is 23.4 Å². The minimum atomic E-state index is -0.801. The Labute approximate surface area is 196 Å². The largest absolute Gasteiger partial charge is 0.493 e. The first-order valence-electron chi connectivity index (χ1n) is 10.4.